The first-order chi connectivity index (χ1) is 17.1. The molecule has 0 radical (unpaired) electrons. The number of nitrogens with zero attached hydrogens (tertiary/aromatic N) is 1. The van der Waals surface area contributed by atoms with E-state index in [4.69, 9.17) is 4.74 Å². The molecular formula is C25H26N4O6S. The van der Waals surface area contributed by atoms with E-state index in [2.05, 4.69) is 16.2 Å². The summed E-state index contributed by atoms with van der Waals surface area (Å²) in [5, 5.41) is 12.7. The molecule has 4 rings (SSSR count). The number of amides is 1. The van der Waals surface area contributed by atoms with Gasteiger partial charge >= 0.3 is 5.97 Å². The Morgan fingerprint density at radius 3 is 2.36 bits per heavy atom. The zero-order valence-electron chi connectivity index (χ0n) is 19.7. The Bertz CT molecular complexity index is 1380. The topological polar surface area (TPSA) is 137 Å². The van der Waals surface area contributed by atoms with Crippen molar-refractivity contribution in [2.75, 3.05) is 24.0 Å². The third kappa shape index (κ3) is 5.18. The minimum Gasteiger partial charge on any atom is -0.489 e. The van der Waals surface area contributed by atoms with Gasteiger partial charge < -0.3 is 20.6 Å². The number of carboxylic acids is 1. The zero-order chi connectivity index (χ0) is 25.9. The van der Waals surface area contributed by atoms with Crippen molar-refractivity contribution in [3.05, 3.63) is 89.5 Å². The number of nitrogens with one attached hydrogen (secondary N) is 3. The van der Waals surface area contributed by atoms with Gasteiger partial charge in [-0.05, 0) is 41.5 Å². The Hall–Kier alpha value is -3.93. The molecule has 0 spiro atoms. The highest BCUT2D eigenvalue weighted by Crippen LogP contribution is 2.38. The zero-order valence-corrected chi connectivity index (χ0v) is 20.5. The van der Waals surface area contributed by atoms with Crippen LogP contribution < -0.4 is 20.9 Å². The summed E-state index contributed by atoms with van der Waals surface area (Å²) in [6.07, 6.45) is 1.00. The van der Waals surface area contributed by atoms with Gasteiger partial charge in [0, 0.05) is 18.3 Å². The van der Waals surface area contributed by atoms with Crippen molar-refractivity contribution < 1.29 is 27.9 Å². The Balaban J connectivity index is 1.44. The lowest BCUT2D eigenvalue weighted by Crippen LogP contribution is -2.59. The van der Waals surface area contributed by atoms with Gasteiger partial charge in [-0.15, -0.1) is 0 Å². The predicted octanol–water partition coefficient (Wildman–Crippen LogP) is 2.51. The fraction of sp³-hybridized carbons (Fsp3) is 0.200. The van der Waals surface area contributed by atoms with Crippen LogP contribution in [0.15, 0.2) is 72.8 Å². The Kier molecular flexibility index (Phi) is 6.97. The van der Waals surface area contributed by atoms with Crippen LogP contribution in [0, 0.1) is 0 Å². The molecule has 0 saturated carbocycles. The smallest absolute Gasteiger partial charge is 0.346 e. The lowest BCUT2D eigenvalue weighted by atomic mass is 9.99. The highest BCUT2D eigenvalue weighted by molar-refractivity contribution is 7.88. The van der Waals surface area contributed by atoms with E-state index in [1.54, 1.807) is 36.4 Å². The molecule has 1 atom stereocenters. The standard InChI is InChI=1S/C25H26N4O6S/c1-29(36(2,33)34)25(24(31)32)21-15-19(10-13-22(21)27-28-25)26-23(30)14-17-8-11-20(12-9-17)35-16-18-6-4-3-5-7-18/h3-13,15,27-28H,14,16H2,1-2H3,(H,26,30)(H,31,32). The number of ether oxygens (including phenoxy) is 1. The molecule has 36 heavy (non-hydrogen) atoms. The van der Waals surface area contributed by atoms with Crippen LogP contribution in [-0.2, 0) is 38.3 Å². The van der Waals surface area contributed by atoms with Crippen LogP contribution in [0.3, 0.4) is 0 Å². The largest absolute Gasteiger partial charge is 0.489 e. The molecule has 1 amide bonds. The van der Waals surface area contributed by atoms with E-state index in [1.165, 1.54) is 13.1 Å². The molecule has 4 N–H and O–H groups in total. The molecule has 3 aromatic carbocycles. The summed E-state index contributed by atoms with van der Waals surface area (Å²) in [5.74, 6) is -1.05. The van der Waals surface area contributed by atoms with Crippen molar-refractivity contribution in [2.24, 2.45) is 0 Å². The number of fused-ring (bicyclic) bond motifs is 1. The third-order valence-electron chi connectivity index (χ3n) is 5.89. The number of hydrazine groups is 1. The van der Waals surface area contributed by atoms with E-state index in [1.807, 2.05) is 30.3 Å². The van der Waals surface area contributed by atoms with Gasteiger partial charge in [0.1, 0.15) is 12.4 Å². The van der Waals surface area contributed by atoms with E-state index >= 15 is 0 Å². The molecule has 0 bridgehead atoms. The molecule has 0 aliphatic carbocycles. The normalized spacial score (nSPS) is 16.8. The number of benzene rings is 3. The number of carbonyl (C=O) groups is 2. The highest BCUT2D eigenvalue weighted by Gasteiger charge is 2.53. The third-order valence-corrected chi connectivity index (χ3v) is 7.16. The molecule has 10 nitrogen and oxygen atoms in total. The van der Waals surface area contributed by atoms with Gasteiger partial charge in [0.25, 0.3) is 0 Å². The van der Waals surface area contributed by atoms with E-state index in [9.17, 15) is 23.1 Å². The molecule has 0 fully saturated rings. The number of rotatable bonds is 9. The van der Waals surface area contributed by atoms with Gasteiger partial charge in [0.05, 0.1) is 18.4 Å². The second-order valence-electron chi connectivity index (χ2n) is 8.40. The van der Waals surface area contributed by atoms with E-state index < -0.39 is 21.7 Å². The van der Waals surface area contributed by atoms with Crippen LogP contribution in [0.25, 0.3) is 0 Å². The fourth-order valence-electron chi connectivity index (χ4n) is 3.89. The minimum absolute atomic E-state index is 0.0832. The predicted molar refractivity (Wildman–Crippen MR) is 135 cm³/mol. The van der Waals surface area contributed by atoms with Crippen molar-refractivity contribution in [3.8, 4) is 5.75 Å². The van der Waals surface area contributed by atoms with Crippen LogP contribution in [0.4, 0.5) is 11.4 Å². The molecule has 1 aliphatic heterocycles. The number of carboxylic acid groups (broad SMARTS) is 1. The van der Waals surface area contributed by atoms with Gasteiger partial charge in [-0.3, -0.25) is 4.79 Å². The van der Waals surface area contributed by atoms with E-state index in [0.717, 1.165) is 21.7 Å². The summed E-state index contributed by atoms with van der Waals surface area (Å²) >= 11 is 0. The van der Waals surface area contributed by atoms with E-state index in [0.29, 0.717) is 23.7 Å². The summed E-state index contributed by atoms with van der Waals surface area (Å²) in [5.41, 5.74) is 5.89. The second-order valence-corrected chi connectivity index (χ2v) is 10.4. The van der Waals surface area contributed by atoms with Crippen molar-refractivity contribution in [2.45, 2.75) is 18.7 Å². The summed E-state index contributed by atoms with van der Waals surface area (Å²) in [4.78, 5) is 24.9. The quantitative estimate of drug-likeness (QED) is 0.345. The van der Waals surface area contributed by atoms with Gasteiger partial charge in [-0.1, -0.05) is 42.5 Å². The van der Waals surface area contributed by atoms with Gasteiger partial charge in [0.15, 0.2) is 0 Å². The summed E-state index contributed by atoms with van der Waals surface area (Å²) in [6, 6.07) is 21.6. The average molecular weight is 511 g/mol. The van der Waals surface area contributed by atoms with Gasteiger partial charge in [-0.2, -0.15) is 4.31 Å². The Labute approximate surface area is 208 Å². The van der Waals surface area contributed by atoms with Crippen LogP contribution in [0.2, 0.25) is 0 Å². The van der Waals surface area contributed by atoms with Crippen molar-refractivity contribution in [1.82, 2.24) is 9.73 Å². The first-order valence-corrected chi connectivity index (χ1v) is 12.8. The molecule has 0 saturated heterocycles. The maximum absolute atomic E-state index is 12.7. The molecule has 11 heteroatoms. The number of hydrogen-bond donors (Lipinski definition) is 4. The SMILES string of the molecule is CN(C1(C(=O)O)NNc2ccc(NC(=O)Cc3ccc(OCc4ccccc4)cc3)cc21)S(C)(=O)=O. The number of aliphatic carboxylic acids is 1. The highest BCUT2D eigenvalue weighted by atomic mass is 32.2. The maximum Gasteiger partial charge on any atom is 0.346 e. The number of hydrogen-bond acceptors (Lipinski definition) is 7. The average Bonchev–Trinajstić information content (AvgIpc) is 3.23. The molecule has 188 valence electrons. The monoisotopic (exact) mass is 510 g/mol. The molecular weight excluding hydrogens is 484 g/mol. The molecule has 3 aromatic rings. The van der Waals surface area contributed by atoms with Crippen LogP contribution in [0.5, 0.6) is 5.75 Å². The lowest BCUT2D eigenvalue weighted by molar-refractivity contribution is -0.149. The maximum atomic E-state index is 12.7. The number of likely N-dealkylation sites (N-methyl/N-ethyl adjacent to an activating group) is 1. The first kappa shape index (κ1) is 25.2. The summed E-state index contributed by atoms with van der Waals surface area (Å²) in [6.45, 7) is 0.440. The second kappa shape index (κ2) is 9.97. The Morgan fingerprint density at radius 1 is 1.03 bits per heavy atom. The van der Waals surface area contributed by atoms with Crippen molar-refractivity contribution in [1.29, 1.82) is 0 Å². The fourth-order valence-corrected chi connectivity index (χ4v) is 4.61. The van der Waals surface area contributed by atoms with Crippen LogP contribution in [-0.4, -0.2) is 43.0 Å². The van der Waals surface area contributed by atoms with Gasteiger partial charge in [0.2, 0.25) is 21.6 Å². The molecule has 1 unspecified atom stereocenters. The molecule has 1 heterocycles. The van der Waals surface area contributed by atoms with E-state index in [-0.39, 0.29) is 17.9 Å². The van der Waals surface area contributed by atoms with Crippen molar-refractivity contribution >= 4 is 33.3 Å². The number of anilines is 2. The van der Waals surface area contributed by atoms with Crippen LogP contribution >= 0.6 is 0 Å². The molecule has 1 aliphatic rings. The number of carbonyl (C=O) groups excluding carboxylic acids is 1. The Morgan fingerprint density at radius 2 is 1.72 bits per heavy atom. The minimum atomic E-state index is -3.88. The van der Waals surface area contributed by atoms with Crippen LogP contribution in [0.1, 0.15) is 16.7 Å². The summed E-state index contributed by atoms with van der Waals surface area (Å²) < 4.78 is 30.8. The summed E-state index contributed by atoms with van der Waals surface area (Å²) in [7, 11) is -2.71. The first-order valence-electron chi connectivity index (χ1n) is 11.0. The van der Waals surface area contributed by atoms with Crippen molar-refractivity contribution in [3.63, 3.8) is 0 Å². The number of sulfonamides is 1. The van der Waals surface area contributed by atoms with Gasteiger partial charge in [-0.25, -0.2) is 18.6 Å². The molecule has 0 aromatic heterocycles. The lowest BCUT2D eigenvalue weighted by Gasteiger charge is -2.33.